The molecule has 1 aliphatic heterocycles. The highest BCUT2D eigenvalue weighted by atomic mass is 35.5. The number of benzene rings is 1. The van der Waals surface area contributed by atoms with Crippen LogP contribution in [0.2, 0.25) is 5.02 Å². The van der Waals surface area contributed by atoms with Gasteiger partial charge in [0.15, 0.2) is 12.1 Å². The van der Waals surface area contributed by atoms with Gasteiger partial charge in [-0.15, -0.1) is 0 Å². The smallest absolute Gasteiger partial charge is 0.310 e. The van der Waals surface area contributed by atoms with E-state index in [1.807, 2.05) is 12.1 Å². The molecule has 0 saturated carbocycles. The molecule has 1 spiro atoms. The molecule has 4 nitrogen and oxygen atoms in total. The molecule has 2 aromatic rings. The summed E-state index contributed by atoms with van der Waals surface area (Å²) in [6, 6.07) is 7.11. The normalized spacial score (nSPS) is 24.4. The van der Waals surface area contributed by atoms with Crippen molar-refractivity contribution in [2.75, 3.05) is 6.61 Å². The van der Waals surface area contributed by atoms with Gasteiger partial charge in [0, 0.05) is 18.0 Å². The maximum absolute atomic E-state index is 14.9. The van der Waals surface area contributed by atoms with Gasteiger partial charge in [-0.05, 0) is 48.1 Å². The van der Waals surface area contributed by atoms with Crippen LogP contribution >= 0.6 is 11.6 Å². The monoisotopic (exact) mass is 363 g/mol. The van der Waals surface area contributed by atoms with Crippen LogP contribution in [0.4, 0.5) is 8.78 Å². The van der Waals surface area contributed by atoms with Crippen LogP contribution in [0.1, 0.15) is 24.0 Å². The maximum atomic E-state index is 14.9. The number of hydrogen-bond donors (Lipinski definition) is 1. The molecule has 2 aliphatic rings. The molecule has 0 radical (unpaired) electrons. The Kier molecular flexibility index (Phi) is 3.68. The van der Waals surface area contributed by atoms with Gasteiger partial charge in [-0.1, -0.05) is 23.7 Å². The van der Waals surface area contributed by atoms with E-state index in [-0.39, 0.29) is 12.4 Å². The number of amidine groups is 1. The third-order valence-electron chi connectivity index (χ3n) is 4.89. The number of fused-ring (bicyclic) bond motifs is 2. The summed E-state index contributed by atoms with van der Waals surface area (Å²) >= 11 is 6.01. The summed E-state index contributed by atoms with van der Waals surface area (Å²) in [5.41, 5.74) is 6.89. The van der Waals surface area contributed by atoms with Crippen molar-refractivity contribution >= 4 is 17.6 Å². The Morgan fingerprint density at radius 1 is 1.16 bits per heavy atom. The largest absolute Gasteiger partial charge is 0.459 e. The molecular weight excluding hydrogens is 348 g/mol. The Bertz CT molecular complexity index is 871. The molecule has 1 aromatic carbocycles. The third kappa shape index (κ3) is 2.56. The lowest BCUT2D eigenvalue weighted by Gasteiger charge is -2.43. The van der Waals surface area contributed by atoms with Crippen molar-refractivity contribution in [3.8, 4) is 11.1 Å². The zero-order valence-corrected chi connectivity index (χ0v) is 14.1. The van der Waals surface area contributed by atoms with E-state index in [1.165, 1.54) is 6.20 Å². The summed E-state index contributed by atoms with van der Waals surface area (Å²) in [6.07, 6.45) is 4.77. The lowest BCUT2D eigenvalue weighted by Crippen LogP contribution is -2.54. The molecule has 25 heavy (non-hydrogen) atoms. The second-order valence-corrected chi connectivity index (χ2v) is 6.86. The number of halogens is 3. The molecule has 1 aromatic heterocycles. The highest BCUT2D eigenvalue weighted by molar-refractivity contribution is 6.30. The summed E-state index contributed by atoms with van der Waals surface area (Å²) in [6.45, 7) is -0.759. The van der Waals surface area contributed by atoms with Gasteiger partial charge >= 0.3 is 5.92 Å². The number of pyridine rings is 1. The number of nitrogens with two attached hydrogens (primary N) is 1. The molecule has 0 bridgehead atoms. The summed E-state index contributed by atoms with van der Waals surface area (Å²) in [4.78, 5) is 8.17. The highest BCUT2D eigenvalue weighted by Gasteiger charge is 2.59. The van der Waals surface area contributed by atoms with Crippen LogP contribution in [0, 0.1) is 0 Å². The molecular formula is C18H16ClF2N3O. The minimum Gasteiger partial charge on any atom is -0.459 e. The fourth-order valence-electron chi connectivity index (χ4n) is 3.68. The molecule has 0 amide bonds. The summed E-state index contributed by atoms with van der Waals surface area (Å²) < 4.78 is 34.6. The van der Waals surface area contributed by atoms with E-state index in [0.29, 0.717) is 17.0 Å². The molecule has 2 N–H and O–H groups in total. The van der Waals surface area contributed by atoms with E-state index < -0.39 is 18.1 Å². The Morgan fingerprint density at radius 3 is 2.80 bits per heavy atom. The number of aromatic nitrogens is 1. The van der Waals surface area contributed by atoms with Gasteiger partial charge in [0.1, 0.15) is 0 Å². The van der Waals surface area contributed by atoms with Crippen LogP contribution in [0.25, 0.3) is 11.1 Å². The zero-order valence-electron chi connectivity index (χ0n) is 13.3. The number of rotatable bonds is 1. The average Bonchev–Trinajstić information content (AvgIpc) is 2.59. The minimum atomic E-state index is -3.13. The average molecular weight is 364 g/mol. The van der Waals surface area contributed by atoms with Crippen LogP contribution in [-0.2, 0) is 16.7 Å². The summed E-state index contributed by atoms with van der Waals surface area (Å²) in [7, 11) is 0. The second kappa shape index (κ2) is 5.66. The first-order chi connectivity index (χ1) is 11.9. The first-order valence-corrected chi connectivity index (χ1v) is 8.39. The van der Waals surface area contributed by atoms with Gasteiger partial charge in [-0.25, -0.2) is 4.99 Å². The van der Waals surface area contributed by atoms with Crippen molar-refractivity contribution in [3.63, 3.8) is 0 Å². The highest BCUT2D eigenvalue weighted by Crippen LogP contribution is 2.51. The van der Waals surface area contributed by atoms with Crippen molar-refractivity contribution < 1.29 is 13.5 Å². The quantitative estimate of drug-likeness (QED) is 0.835. The van der Waals surface area contributed by atoms with Gasteiger partial charge in [-0.2, -0.15) is 8.78 Å². The van der Waals surface area contributed by atoms with Crippen LogP contribution in [0.5, 0.6) is 0 Å². The van der Waals surface area contributed by atoms with Crippen molar-refractivity contribution in [3.05, 3.63) is 52.8 Å². The number of nitrogens with zero attached hydrogens (tertiary/aromatic N) is 2. The fourth-order valence-corrected chi connectivity index (χ4v) is 3.85. The van der Waals surface area contributed by atoms with Crippen molar-refractivity contribution in [1.82, 2.24) is 4.98 Å². The molecule has 7 heteroatoms. The zero-order chi connectivity index (χ0) is 17.7. The van der Waals surface area contributed by atoms with Gasteiger partial charge in [-0.3, -0.25) is 4.98 Å². The van der Waals surface area contributed by atoms with Crippen LogP contribution in [-0.4, -0.2) is 23.5 Å². The fraction of sp³-hybridized carbons (Fsp3) is 0.333. The first-order valence-electron chi connectivity index (χ1n) is 8.02. The Morgan fingerprint density at radius 2 is 2.00 bits per heavy atom. The topological polar surface area (TPSA) is 60.5 Å². The molecule has 0 unspecified atom stereocenters. The molecule has 4 rings (SSSR count). The number of hydrogen-bond acceptors (Lipinski definition) is 4. The van der Waals surface area contributed by atoms with Crippen molar-refractivity contribution in [1.29, 1.82) is 0 Å². The Hall–Kier alpha value is -2.21. The maximum Gasteiger partial charge on any atom is 0.310 e. The van der Waals surface area contributed by atoms with Gasteiger partial charge in [0.25, 0.3) is 6.02 Å². The number of alkyl halides is 2. The first kappa shape index (κ1) is 16.3. The number of aliphatic imine (C=N–C) groups is 1. The lowest BCUT2D eigenvalue weighted by molar-refractivity contribution is -0.127. The minimum absolute atomic E-state index is 0.186. The predicted molar refractivity (Wildman–Crippen MR) is 91.8 cm³/mol. The van der Waals surface area contributed by atoms with E-state index in [4.69, 9.17) is 22.1 Å². The third-order valence-corrected chi connectivity index (χ3v) is 5.09. The molecule has 0 fully saturated rings. The summed E-state index contributed by atoms with van der Waals surface area (Å²) in [5.74, 6) is -3.13. The van der Waals surface area contributed by atoms with Gasteiger partial charge < -0.3 is 10.5 Å². The number of aryl methyl sites for hydroxylation is 1. The van der Waals surface area contributed by atoms with Gasteiger partial charge in [0.2, 0.25) is 0 Å². The molecule has 0 saturated heterocycles. The van der Waals surface area contributed by atoms with E-state index in [1.54, 1.807) is 18.3 Å². The van der Waals surface area contributed by atoms with Crippen molar-refractivity contribution in [2.45, 2.75) is 30.7 Å². The van der Waals surface area contributed by atoms with E-state index in [2.05, 4.69) is 9.98 Å². The number of ether oxygens (including phenoxy) is 1. The predicted octanol–water partition coefficient (Wildman–Crippen LogP) is 3.91. The Labute approximate surface area is 148 Å². The molecule has 2 heterocycles. The van der Waals surface area contributed by atoms with E-state index in [9.17, 15) is 8.78 Å². The van der Waals surface area contributed by atoms with E-state index >= 15 is 0 Å². The van der Waals surface area contributed by atoms with Gasteiger partial charge in [0.05, 0.1) is 5.02 Å². The van der Waals surface area contributed by atoms with Crippen molar-refractivity contribution in [2.24, 2.45) is 10.7 Å². The Balaban J connectivity index is 1.91. The van der Waals surface area contributed by atoms with Crippen LogP contribution in [0.3, 0.4) is 0 Å². The van der Waals surface area contributed by atoms with Crippen LogP contribution in [0.15, 0.2) is 41.7 Å². The lowest BCUT2D eigenvalue weighted by atomic mass is 9.72. The standard InChI is InChI=1S/C18H16ClF2N3O/c19-14-6-13(8-23-9-14)12-4-3-11-2-1-5-17(15(11)7-12)18(20,21)10-25-16(22)24-17/h3-4,6-9H,1-2,5,10H2,(H2,22,24)/t17-/m1/s1. The molecule has 1 aliphatic carbocycles. The van der Waals surface area contributed by atoms with E-state index in [0.717, 1.165) is 23.1 Å². The summed E-state index contributed by atoms with van der Waals surface area (Å²) in [5, 5.41) is 0.489. The second-order valence-electron chi connectivity index (χ2n) is 6.42. The molecule has 130 valence electrons. The SMILES string of the molecule is NC1=N[C@@]2(CCCc3ccc(-c4cncc(Cl)c4)cc32)C(F)(F)CO1. The van der Waals surface area contributed by atoms with Crippen LogP contribution < -0.4 is 5.73 Å². The molecule has 1 atom stereocenters.